The lowest BCUT2D eigenvalue weighted by Crippen LogP contribution is -2.12. The fourth-order valence-corrected chi connectivity index (χ4v) is 4.02. The molecule has 19 heavy (non-hydrogen) atoms. The third-order valence-electron chi connectivity index (χ3n) is 4.18. The molecular formula is C16H21BrO2. The van der Waals surface area contributed by atoms with Gasteiger partial charge in [0.15, 0.2) is 0 Å². The molecule has 1 aliphatic carbocycles. The van der Waals surface area contributed by atoms with Gasteiger partial charge in [-0.25, -0.2) is 0 Å². The third-order valence-corrected chi connectivity index (χ3v) is 5.02. The number of hydrogen-bond donors (Lipinski definition) is 0. The minimum Gasteiger partial charge on any atom is -0.495 e. The molecule has 1 aliphatic rings. The van der Waals surface area contributed by atoms with Crippen molar-refractivity contribution in [2.75, 3.05) is 7.11 Å². The molecule has 0 aliphatic heterocycles. The van der Waals surface area contributed by atoms with E-state index in [9.17, 15) is 4.79 Å². The van der Waals surface area contributed by atoms with E-state index in [2.05, 4.69) is 29.8 Å². The molecule has 0 radical (unpaired) electrons. The van der Waals surface area contributed by atoms with Crippen LogP contribution >= 0.6 is 15.9 Å². The van der Waals surface area contributed by atoms with Gasteiger partial charge >= 0.3 is 0 Å². The van der Waals surface area contributed by atoms with Gasteiger partial charge in [-0.15, -0.1) is 0 Å². The van der Waals surface area contributed by atoms with E-state index in [4.69, 9.17) is 4.74 Å². The van der Waals surface area contributed by atoms with Gasteiger partial charge in [0.1, 0.15) is 12.0 Å². The lowest BCUT2D eigenvalue weighted by molar-refractivity contribution is -0.108. The largest absolute Gasteiger partial charge is 0.495 e. The summed E-state index contributed by atoms with van der Waals surface area (Å²) < 4.78 is 6.73. The number of halogens is 1. The minimum absolute atomic E-state index is 0.205. The summed E-state index contributed by atoms with van der Waals surface area (Å²) in [6, 6.07) is 0. The van der Waals surface area contributed by atoms with Crippen molar-refractivity contribution in [3.63, 3.8) is 0 Å². The molecule has 3 heteroatoms. The molecule has 0 bridgehead atoms. The van der Waals surface area contributed by atoms with Crippen molar-refractivity contribution in [2.24, 2.45) is 0 Å². The van der Waals surface area contributed by atoms with E-state index in [-0.39, 0.29) is 5.92 Å². The molecule has 1 aromatic rings. The summed E-state index contributed by atoms with van der Waals surface area (Å²) in [6.07, 6.45) is 6.31. The van der Waals surface area contributed by atoms with E-state index >= 15 is 0 Å². The Morgan fingerprint density at radius 1 is 1.32 bits per heavy atom. The summed E-state index contributed by atoms with van der Waals surface area (Å²) in [7, 11) is 1.71. The molecule has 104 valence electrons. The first-order valence-electron chi connectivity index (χ1n) is 6.93. The third kappa shape index (κ3) is 2.58. The second kappa shape index (κ2) is 6.08. The van der Waals surface area contributed by atoms with Crippen molar-refractivity contribution in [1.82, 2.24) is 0 Å². The number of hydrogen-bond acceptors (Lipinski definition) is 2. The molecule has 0 saturated heterocycles. The van der Waals surface area contributed by atoms with Crippen LogP contribution in [0.4, 0.5) is 0 Å². The molecule has 0 amide bonds. The molecule has 1 unspecified atom stereocenters. The van der Waals surface area contributed by atoms with Crippen LogP contribution in [-0.4, -0.2) is 13.4 Å². The first-order chi connectivity index (χ1) is 9.11. The minimum atomic E-state index is 0.205. The van der Waals surface area contributed by atoms with E-state index in [1.165, 1.54) is 35.1 Å². The lowest BCUT2D eigenvalue weighted by atomic mass is 9.82. The van der Waals surface area contributed by atoms with Crippen molar-refractivity contribution >= 4 is 22.2 Å². The topological polar surface area (TPSA) is 26.3 Å². The van der Waals surface area contributed by atoms with Gasteiger partial charge in [0.25, 0.3) is 0 Å². The Bertz CT molecular complexity index is 494. The van der Waals surface area contributed by atoms with E-state index in [0.717, 1.165) is 29.4 Å². The Labute approximate surface area is 123 Å². The summed E-state index contributed by atoms with van der Waals surface area (Å²) in [5, 5.41) is 0. The Morgan fingerprint density at radius 2 is 1.95 bits per heavy atom. The summed E-state index contributed by atoms with van der Waals surface area (Å²) in [5.41, 5.74) is 5.39. The van der Waals surface area contributed by atoms with Crippen molar-refractivity contribution in [3.05, 3.63) is 26.7 Å². The number of benzene rings is 1. The van der Waals surface area contributed by atoms with Crippen molar-refractivity contribution in [3.8, 4) is 5.75 Å². The smallest absolute Gasteiger partial charge is 0.137 e. The standard InChI is InChI=1S/C16H21BrO2/c1-10(8-9-18)14-11(2)12-6-4-5-7-13(12)15(17)16(14)19-3/h9-10H,4-8H2,1-3H3. The monoisotopic (exact) mass is 324 g/mol. The van der Waals surface area contributed by atoms with Gasteiger partial charge in [-0.05, 0) is 71.1 Å². The first-order valence-corrected chi connectivity index (χ1v) is 7.72. The van der Waals surface area contributed by atoms with Gasteiger partial charge < -0.3 is 9.53 Å². The summed E-state index contributed by atoms with van der Waals surface area (Å²) >= 11 is 3.72. The molecule has 0 heterocycles. The highest BCUT2D eigenvalue weighted by Gasteiger charge is 2.25. The average molecular weight is 325 g/mol. The molecule has 2 nitrogen and oxygen atoms in total. The molecule has 1 atom stereocenters. The first kappa shape index (κ1) is 14.6. The Balaban J connectivity index is 2.64. The predicted octanol–water partition coefficient (Wildman–Crippen LogP) is 4.34. The molecule has 0 saturated carbocycles. The predicted molar refractivity (Wildman–Crippen MR) is 81.2 cm³/mol. The molecule has 0 aromatic heterocycles. The number of carbonyl (C=O) groups excluding carboxylic acids is 1. The van der Waals surface area contributed by atoms with Crippen LogP contribution in [0.15, 0.2) is 4.47 Å². The second-order valence-electron chi connectivity index (χ2n) is 5.35. The summed E-state index contributed by atoms with van der Waals surface area (Å²) in [4.78, 5) is 10.8. The lowest BCUT2D eigenvalue weighted by Gasteiger charge is -2.27. The van der Waals surface area contributed by atoms with Crippen LogP contribution in [-0.2, 0) is 17.6 Å². The van der Waals surface area contributed by atoms with Crippen LogP contribution in [0.25, 0.3) is 0 Å². The van der Waals surface area contributed by atoms with E-state index in [1.54, 1.807) is 7.11 Å². The molecule has 1 aromatic carbocycles. The Hall–Kier alpha value is -0.830. The number of ether oxygens (including phenoxy) is 1. The maximum Gasteiger partial charge on any atom is 0.137 e. The highest BCUT2D eigenvalue weighted by Crippen LogP contribution is 2.44. The van der Waals surface area contributed by atoms with Crippen molar-refractivity contribution < 1.29 is 9.53 Å². The van der Waals surface area contributed by atoms with Crippen LogP contribution in [0.3, 0.4) is 0 Å². The maximum atomic E-state index is 10.8. The SMILES string of the molecule is COc1c(Br)c2c(c(C)c1C(C)CC=O)CCCC2. The Morgan fingerprint density at radius 3 is 2.53 bits per heavy atom. The zero-order chi connectivity index (χ0) is 14.0. The van der Waals surface area contributed by atoms with Crippen LogP contribution in [0, 0.1) is 6.92 Å². The van der Waals surface area contributed by atoms with Gasteiger partial charge in [-0.1, -0.05) is 6.92 Å². The van der Waals surface area contributed by atoms with Crippen LogP contribution in [0.5, 0.6) is 5.75 Å². The van der Waals surface area contributed by atoms with Crippen molar-refractivity contribution in [2.45, 2.75) is 51.9 Å². The molecule has 0 N–H and O–H groups in total. The van der Waals surface area contributed by atoms with Crippen LogP contribution < -0.4 is 4.74 Å². The fourth-order valence-electron chi connectivity index (χ4n) is 3.20. The molecule has 0 fully saturated rings. The molecule has 2 rings (SSSR count). The van der Waals surface area contributed by atoms with E-state index in [1.807, 2.05) is 0 Å². The summed E-state index contributed by atoms with van der Waals surface area (Å²) in [6.45, 7) is 4.27. The Kier molecular flexibility index (Phi) is 4.67. The highest BCUT2D eigenvalue weighted by molar-refractivity contribution is 9.10. The van der Waals surface area contributed by atoms with E-state index in [0.29, 0.717) is 6.42 Å². The zero-order valence-corrected chi connectivity index (χ0v) is 13.5. The number of rotatable bonds is 4. The molecular weight excluding hydrogens is 304 g/mol. The maximum absolute atomic E-state index is 10.8. The normalized spacial score (nSPS) is 15.8. The van der Waals surface area contributed by atoms with Crippen LogP contribution in [0.1, 0.15) is 54.4 Å². The highest BCUT2D eigenvalue weighted by atomic mass is 79.9. The average Bonchev–Trinajstić information content (AvgIpc) is 2.42. The van der Waals surface area contributed by atoms with Crippen molar-refractivity contribution in [1.29, 1.82) is 0 Å². The quantitative estimate of drug-likeness (QED) is 0.770. The fraction of sp³-hybridized carbons (Fsp3) is 0.562. The summed E-state index contributed by atoms with van der Waals surface area (Å²) in [5.74, 6) is 1.13. The number of aldehydes is 1. The van der Waals surface area contributed by atoms with Gasteiger partial charge in [0.05, 0.1) is 11.6 Å². The number of fused-ring (bicyclic) bond motifs is 1. The van der Waals surface area contributed by atoms with Gasteiger partial charge in [0.2, 0.25) is 0 Å². The van der Waals surface area contributed by atoms with E-state index < -0.39 is 0 Å². The number of methoxy groups -OCH3 is 1. The zero-order valence-electron chi connectivity index (χ0n) is 11.9. The molecule has 0 spiro atoms. The van der Waals surface area contributed by atoms with Gasteiger partial charge in [-0.3, -0.25) is 0 Å². The van der Waals surface area contributed by atoms with Gasteiger partial charge in [0, 0.05) is 12.0 Å². The van der Waals surface area contributed by atoms with Gasteiger partial charge in [-0.2, -0.15) is 0 Å². The number of carbonyl (C=O) groups is 1. The second-order valence-corrected chi connectivity index (χ2v) is 6.15. The van der Waals surface area contributed by atoms with Crippen LogP contribution in [0.2, 0.25) is 0 Å².